The Morgan fingerprint density at radius 3 is 2.58 bits per heavy atom. The lowest BCUT2D eigenvalue weighted by Crippen LogP contribution is -2.20. The number of aromatic carboxylic acids is 1. The molecule has 0 saturated heterocycles. The Morgan fingerprint density at radius 1 is 1.17 bits per heavy atom. The molecule has 0 atom stereocenters. The van der Waals surface area contributed by atoms with Crippen LogP contribution < -0.4 is 10.1 Å². The number of phenolic OH excluding ortho intramolecular Hbond substituents is 1. The molecule has 126 valence electrons. The maximum Gasteiger partial charge on any atom is 0.335 e. The van der Waals surface area contributed by atoms with Gasteiger partial charge in [0.25, 0.3) is 5.91 Å². The van der Waals surface area contributed by atoms with Crippen LogP contribution in [-0.2, 0) is 4.79 Å². The van der Waals surface area contributed by atoms with Crippen LogP contribution in [0.3, 0.4) is 0 Å². The molecule has 2 aromatic carbocycles. The van der Waals surface area contributed by atoms with Crippen LogP contribution >= 0.6 is 0 Å². The van der Waals surface area contributed by atoms with E-state index in [1.165, 1.54) is 18.2 Å². The molecular formula is C18H19NO5. The molecule has 0 radical (unpaired) electrons. The monoisotopic (exact) mass is 329 g/mol. The molecular weight excluding hydrogens is 310 g/mol. The van der Waals surface area contributed by atoms with Crippen LogP contribution in [0.25, 0.3) is 0 Å². The second-order valence-corrected chi connectivity index (χ2v) is 5.60. The minimum Gasteiger partial charge on any atom is -0.506 e. The fourth-order valence-corrected chi connectivity index (χ4v) is 2.07. The normalized spacial score (nSPS) is 10.5. The summed E-state index contributed by atoms with van der Waals surface area (Å²) in [7, 11) is 0. The number of nitrogens with one attached hydrogen (secondary N) is 1. The SMILES string of the molecule is CC(C)c1cccc(OCC(=O)Nc2cc(C(=O)O)ccc2O)c1. The number of ether oxygens (including phenoxy) is 1. The van der Waals surface area contributed by atoms with Crippen molar-refractivity contribution in [1.82, 2.24) is 0 Å². The number of hydrogen-bond donors (Lipinski definition) is 3. The third kappa shape index (κ3) is 4.49. The van der Waals surface area contributed by atoms with E-state index in [1.807, 2.05) is 18.2 Å². The van der Waals surface area contributed by atoms with E-state index in [2.05, 4.69) is 19.2 Å². The van der Waals surface area contributed by atoms with Crippen molar-refractivity contribution in [1.29, 1.82) is 0 Å². The topological polar surface area (TPSA) is 95.9 Å². The van der Waals surface area contributed by atoms with E-state index in [0.717, 1.165) is 5.56 Å². The van der Waals surface area contributed by atoms with E-state index < -0.39 is 11.9 Å². The fourth-order valence-electron chi connectivity index (χ4n) is 2.07. The summed E-state index contributed by atoms with van der Waals surface area (Å²) in [6, 6.07) is 11.1. The highest BCUT2D eigenvalue weighted by Crippen LogP contribution is 2.24. The number of anilines is 1. The number of phenols is 1. The highest BCUT2D eigenvalue weighted by Gasteiger charge is 2.11. The zero-order valence-corrected chi connectivity index (χ0v) is 13.4. The van der Waals surface area contributed by atoms with Gasteiger partial charge in [0.2, 0.25) is 0 Å². The molecule has 0 heterocycles. The molecule has 2 rings (SSSR count). The summed E-state index contributed by atoms with van der Waals surface area (Å²) in [6.45, 7) is 3.87. The van der Waals surface area contributed by atoms with Crippen LogP contribution in [-0.4, -0.2) is 28.7 Å². The zero-order valence-electron chi connectivity index (χ0n) is 13.4. The Bertz CT molecular complexity index is 755. The molecule has 0 fully saturated rings. The second kappa shape index (κ2) is 7.50. The van der Waals surface area contributed by atoms with Crippen LogP contribution in [0.2, 0.25) is 0 Å². The molecule has 1 amide bonds. The Kier molecular flexibility index (Phi) is 5.42. The third-order valence-corrected chi connectivity index (χ3v) is 3.41. The van der Waals surface area contributed by atoms with Gasteiger partial charge in [-0.1, -0.05) is 26.0 Å². The summed E-state index contributed by atoms with van der Waals surface area (Å²) in [5.74, 6) is -0.942. The standard InChI is InChI=1S/C18H19NO5/c1-11(2)12-4-3-5-14(8-12)24-10-17(21)19-15-9-13(18(22)23)6-7-16(15)20/h3-9,11,20H,10H2,1-2H3,(H,19,21)(H,22,23). The minimum atomic E-state index is -1.15. The number of amides is 1. The van der Waals surface area contributed by atoms with Crippen molar-refractivity contribution in [3.8, 4) is 11.5 Å². The summed E-state index contributed by atoms with van der Waals surface area (Å²) in [5.41, 5.74) is 1.09. The first-order valence-electron chi connectivity index (χ1n) is 7.45. The molecule has 0 aliphatic carbocycles. The van der Waals surface area contributed by atoms with Crippen molar-refractivity contribution in [2.24, 2.45) is 0 Å². The summed E-state index contributed by atoms with van der Waals surface area (Å²) in [6.07, 6.45) is 0. The summed E-state index contributed by atoms with van der Waals surface area (Å²) in [5, 5.41) is 21.1. The lowest BCUT2D eigenvalue weighted by molar-refractivity contribution is -0.118. The van der Waals surface area contributed by atoms with Gasteiger partial charge in [0.05, 0.1) is 11.3 Å². The molecule has 0 saturated carbocycles. The van der Waals surface area contributed by atoms with Crippen molar-refractivity contribution >= 4 is 17.6 Å². The highest BCUT2D eigenvalue weighted by molar-refractivity contribution is 5.96. The molecule has 0 aliphatic rings. The van der Waals surface area contributed by atoms with Gasteiger partial charge in [-0.05, 0) is 41.8 Å². The first-order chi connectivity index (χ1) is 11.4. The van der Waals surface area contributed by atoms with Crippen LogP contribution in [0, 0.1) is 0 Å². The van der Waals surface area contributed by atoms with E-state index in [9.17, 15) is 14.7 Å². The minimum absolute atomic E-state index is 0.0273. The van der Waals surface area contributed by atoms with Gasteiger partial charge < -0.3 is 20.3 Å². The smallest absolute Gasteiger partial charge is 0.335 e. The first-order valence-corrected chi connectivity index (χ1v) is 7.45. The third-order valence-electron chi connectivity index (χ3n) is 3.41. The number of carbonyl (C=O) groups excluding carboxylic acids is 1. The number of aromatic hydroxyl groups is 1. The number of carboxylic acids is 1. The van der Waals surface area contributed by atoms with Crippen molar-refractivity contribution in [2.75, 3.05) is 11.9 Å². The number of carbonyl (C=O) groups is 2. The average Bonchev–Trinajstić information content (AvgIpc) is 2.55. The lowest BCUT2D eigenvalue weighted by atomic mass is 10.0. The molecule has 24 heavy (non-hydrogen) atoms. The van der Waals surface area contributed by atoms with Crippen LogP contribution in [0.5, 0.6) is 11.5 Å². The van der Waals surface area contributed by atoms with Crippen molar-refractivity contribution in [3.63, 3.8) is 0 Å². The molecule has 0 spiro atoms. The molecule has 0 aromatic heterocycles. The number of benzene rings is 2. The van der Waals surface area contributed by atoms with E-state index in [1.54, 1.807) is 6.07 Å². The summed E-state index contributed by atoms with van der Waals surface area (Å²) in [4.78, 5) is 22.9. The van der Waals surface area contributed by atoms with E-state index in [4.69, 9.17) is 9.84 Å². The quantitative estimate of drug-likeness (QED) is 0.707. The van der Waals surface area contributed by atoms with Gasteiger partial charge in [-0.15, -0.1) is 0 Å². The van der Waals surface area contributed by atoms with Gasteiger partial charge in [0.15, 0.2) is 6.61 Å². The predicted octanol–water partition coefficient (Wildman–Crippen LogP) is 3.23. The molecule has 6 nitrogen and oxygen atoms in total. The number of carboxylic acid groups (broad SMARTS) is 1. The molecule has 3 N–H and O–H groups in total. The zero-order chi connectivity index (χ0) is 17.7. The molecule has 2 aromatic rings. The number of hydrogen-bond acceptors (Lipinski definition) is 4. The molecule has 6 heteroatoms. The molecule has 0 unspecified atom stereocenters. The fraction of sp³-hybridized carbons (Fsp3) is 0.222. The Morgan fingerprint density at radius 2 is 1.92 bits per heavy atom. The largest absolute Gasteiger partial charge is 0.506 e. The Labute approximate surface area is 139 Å². The first kappa shape index (κ1) is 17.3. The number of rotatable bonds is 6. The Balaban J connectivity index is 2.00. The van der Waals surface area contributed by atoms with E-state index in [0.29, 0.717) is 11.7 Å². The van der Waals surface area contributed by atoms with Gasteiger partial charge in [-0.2, -0.15) is 0 Å². The van der Waals surface area contributed by atoms with Crippen molar-refractivity contribution in [2.45, 2.75) is 19.8 Å². The maximum atomic E-state index is 11.9. The average molecular weight is 329 g/mol. The van der Waals surface area contributed by atoms with Gasteiger partial charge in [0.1, 0.15) is 11.5 Å². The van der Waals surface area contributed by atoms with Crippen molar-refractivity contribution in [3.05, 3.63) is 53.6 Å². The van der Waals surface area contributed by atoms with Crippen LogP contribution in [0.4, 0.5) is 5.69 Å². The second-order valence-electron chi connectivity index (χ2n) is 5.60. The Hall–Kier alpha value is -3.02. The van der Waals surface area contributed by atoms with Gasteiger partial charge >= 0.3 is 5.97 Å². The summed E-state index contributed by atoms with van der Waals surface area (Å²) < 4.78 is 5.44. The van der Waals surface area contributed by atoms with Crippen LogP contribution in [0.1, 0.15) is 35.7 Å². The maximum absolute atomic E-state index is 11.9. The highest BCUT2D eigenvalue weighted by atomic mass is 16.5. The predicted molar refractivity (Wildman–Crippen MR) is 89.7 cm³/mol. The van der Waals surface area contributed by atoms with Gasteiger partial charge in [0, 0.05) is 0 Å². The molecule has 0 aliphatic heterocycles. The van der Waals surface area contributed by atoms with Crippen molar-refractivity contribution < 1.29 is 24.5 Å². The molecule has 0 bridgehead atoms. The lowest BCUT2D eigenvalue weighted by Gasteiger charge is -2.11. The van der Waals surface area contributed by atoms with E-state index >= 15 is 0 Å². The van der Waals surface area contributed by atoms with Gasteiger partial charge in [-0.3, -0.25) is 4.79 Å². The van der Waals surface area contributed by atoms with Crippen LogP contribution in [0.15, 0.2) is 42.5 Å². The van der Waals surface area contributed by atoms with Gasteiger partial charge in [-0.25, -0.2) is 4.79 Å². The van der Waals surface area contributed by atoms with E-state index in [-0.39, 0.29) is 23.6 Å². The summed E-state index contributed by atoms with van der Waals surface area (Å²) >= 11 is 0.